The molecule has 0 radical (unpaired) electrons. The van der Waals surface area contributed by atoms with Crippen LogP contribution in [0.3, 0.4) is 0 Å². The van der Waals surface area contributed by atoms with Gasteiger partial charge in [0, 0.05) is 56.6 Å². The molecule has 0 saturated carbocycles. The van der Waals surface area contributed by atoms with Crippen molar-refractivity contribution in [2.24, 2.45) is 25.7 Å². The molecule has 2 aliphatic rings. The molecular weight excluding hydrogens is 443 g/mol. The average molecular weight is 473 g/mol. The molecule has 3 atom stereocenters. The standard InChI is InChI=1S/C27H29FN6O/c1-16-21(8-6-18(13-29)25(16)28)22-12-24(27(35)34-10-4-5-20(30)15-34)33(3)26(22)17-7-9-23-19(11-17)14-32(2)31-23/h6-9,11-12,14,16,20-21H,4-5,10,15,30H2,1-3H3/t16?,20-,21?/m1/s1. The van der Waals surface area contributed by atoms with Crippen molar-refractivity contribution in [3.63, 3.8) is 0 Å². The number of halogens is 1. The first-order valence-electron chi connectivity index (χ1n) is 11.9. The number of hydrogen-bond donors (Lipinski definition) is 1. The van der Waals surface area contributed by atoms with E-state index >= 15 is 4.39 Å². The summed E-state index contributed by atoms with van der Waals surface area (Å²) in [5.41, 5.74) is 10.3. The van der Waals surface area contributed by atoms with Crippen molar-refractivity contribution < 1.29 is 9.18 Å². The highest BCUT2D eigenvalue weighted by Gasteiger charge is 2.33. The molecule has 2 N–H and O–H groups in total. The van der Waals surface area contributed by atoms with Crippen LogP contribution in [-0.4, -0.2) is 44.3 Å². The topological polar surface area (TPSA) is 92.9 Å². The summed E-state index contributed by atoms with van der Waals surface area (Å²) in [6, 6.07) is 9.81. The Bertz CT molecular complexity index is 1420. The van der Waals surface area contributed by atoms with Crippen molar-refractivity contribution >= 4 is 16.8 Å². The van der Waals surface area contributed by atoms with Gasteiger partial charge in [-0.05, 0) is 48.2 Å². The molecule has 3 aromatic rings. The first-order valence-corrected chi connectivity index (χ1v) is 11.9. The van der Waals surface area contributed by atoms with Crippen LogP contribution < -0.4 is 5.73 Å². The summed E-state index contributed by atoms with van der Waals surface area (Å²) in [6.07, 6.45) is 7.16. The zero-order valence-electron chi connectivity index (χ0n) is 20.2. The number of hydrogen-bond acceptors (Lipinski definition) is 4. The molecule has 7 nitrogen and oxygen atoms in total. The second-order valence-corrected chi connectivity index (χ2v) is 9.67. The molecule has 35 heavy (non-hydrogen) atoms. The Balaban J connectivity index is 1.65. The van der Waals surface area contributed by atoms with Crippen LogP contribution in [0, 0.1) is 17.2 Å². The van der Waals surface area contributed by atoms with Gasteiger partial charge in [-0.15, -0.1) is 0 Å². The number of nitrogens with two attached hydrogens (primary N) is 1. The first kappa shape index (κ1) is 23.1. The van der Waals surface area contributed by atoms with Gasteiger partial charge in [0.1, 0.15) is 17.6 Å². The zero-order valence-corrected chi connectivity index (χ0v) is 20.2. The van der Waals surface area contributed by atoms with Crippen molar-refractivity contribution in [1.82, 2.24) is 19.2 Å². The van der Waals surface area contributed by atoms with Crippen LogP contribution in [0.25, 0.3) is 22.2 Å². The van der Waals surface area contributed by atoms with Gasteiger partial charge >= 0.3 is 0 Å². The summed E-state index contributed by atoms with van der Waals surface area (Å²) in [4.78, 5) is 15.4. The summed E-state index contributed by atoms with van der Waals surface area (Å²) < 4.78 is 18.7. The number of allylic oxidation sites excluding steroid dienone is 4. The lowest BCUT2D eigenvalue weighted by molar-refractivity contribution is 0.0699. The second kappa shape index (κ2) is 8.82. The highest BCUT2D eigenvalue weighted by Crippen LogP contribution is 2.43. The summed E-state index contributed by atoms with van der Waals surface area (Å²) in [7, 11) is 3.76. The number of fused-ring (bicyclic) bond motifs is 1. The lowest BCUT2D eigenvalue weighted by atomic mass is 9.80. The Morgan fingerprint density at radius 3 is 2.83 bits per heavy atom. The van der Waals surface area contributed by atoms with Crippen LogP contribution in [-0.2, 0) is 14.1 Å². The van der Waals surface area contributed by atoms with Crippen LogP contribution in [0.15, 0.2) is 54.0 Å². The minimum atomic E-state index is -0.524. The monoisotopic (exact) mass is 472 g/mol. The van der Waals surface area contributed by atoms with E-state index in [1.807, 2.05) is 60.1 Å². The molecule has 0 spiro atoms. The zero-order chi connectivity index (χ0) is 24.9. The number of nitrogens with zero attached hydrogens (tertiary/aromatic N) is 5. The Hall–Kier alpha value is -3.70. The summed E-state index contributed by atoms with van der Waals surface area (Å²) in [5, 5.41) is 14.7. The van der Waals surface area contributed by atoms with E-state index in [0.717, 1.165) is 40.6 Å². The van der Waals surface area contributed by atoms with Gasteiger partial charge in [-0.1, -0.05) is 19.1 Å². The van der Waals surface area contributed by atoms with Crippen LogP contribution in [0.5, 0.6) is 0 Å². The van der Waals surface area contributed by atoms with Crippen molar-refractivity contribution in [2.45, 2.75) is 31.7 Å². The molecule has 2 unspecified atom stereocenters. The maximum Gasteiger partial charge on any atom is 0.270 e. The van der Waals surface area contributed by atoms with E-state index in [2.05, 4.69) is 11.2 Å². The molecule has 3 heterocycles. The molecule has 1 saturated heterocycles. The van der Waals surface area contributed by atoms with E-state index in [1.54, 1.807) is 17.7 Å². The fraction of sp³-hybridized carbons (Fsp3) is 0.370. The van der Waals surface area contributed by atoms with E-state index in [1.165, 1.54) is 0 Å². The van der Waals surface area contributed by atoms with Crippen molar-refractivity contribution in [2.75, 3.05) is 13.1 Å². The SMILES string of the molecule is CC1C(F)=C(C#N)C=CC1c1cc(C(=O)N2CCC[C@@H](N)C2)n(C)c1-c1ccc2nn(C)cc2c1. The minimum Gasteiger partial charge on any atom is -0.339 e. The number of likely N-dealkylation sites (tertiary alicyclic amines) is 1. The molecule has 1 aliphatic carbocycles. The number of carbonyl (C=O) groups is 1. The van der Waals surface area contributed by atoms with Gasteiger partial charge in [-0.3, -0.25) is 9.48 Å². The first-order chi connectivity index (χ1) is 16.8. The lowest BCUT2D eigenvalue weighted by Gasteiger charge is -2.30. The van der Waals surface area contributed by atoms with Gasteiger partial charge in [-0.25, -0.2) is 4.39 Å². The molecule has 1 fully saturated rings. The van der Waals surface area contributed by atoms with Crippen LogP contribution in [0.4, 0.5) is 4.39 Å². The Labute approximate surface area is 203 Å². The van der Waals surface area contributed by atoms with Gasteiger partial charge < -0.3 is 15.2 Å². The number of carbonyl (C=O) groups excluding carboxylic acids is 1. The molecule has 0 bridgehead atoms. The molecule has 2 aromatic heterocycles. The predicted molar refractivity (Wildman–Crippen MR) is 133 cm³/mol. The van der Waals surface area contributed by atoms with Crippen molar-refractivity contribution in [3.8, 4) is 17.3 Å². The fourth-order valence-corrected chi connectivity index (χ4v) is 5.41. The Morgan fingerprint density at radius 1 is 1.29 bits per heavy atom. The summed E-state index contributed by atoms with van der Waals surface area (Å²) in [5.74, 6) is -1.33. The van der Waals surface area contributed by atoms with E-state index in [0.29, 0.717) is 18.8 Å². The molecule has 180 valence electrons. The summed E-state index contributed by atoms with van der Waals surface area (Å²) >= 11 is 0. The maximum absolute atomic E-state index is 15.0. The number of aromatic nitrogens is 3. The van der Waals surface area contributed by atoms with Crippen LogP contribution >= 0.6 is 0 Å². The highest BCUT2D eigenvalue weighted by molar-refractivity contribution is 5.95. The van der Waals surface area contributed by atoms with Gasteiger partial charge in [0.2, 0.25) is 0 Å². The average Bonchev–Trinajstić information content (AvgIpc) is 3.38. The van der Waals surface area contributed by atoms with E-state index in [4.69, 9.17) is 5.73 Å². The third-order valence-electron chi connectivity index (χ3n) is 7.26. The normalized spacial score (nSPS) is 22.6. The molecule has 1 aromatic carbocycles. The third-order valence-corrected chi connectivity index (χ3v) is 7.26. The number of rotatable bonds is 3. The third kappa shape index (κ3) is 3.96. The highest BCUT2D eigenvalue weighted by atomic mass is 19.1. The van der Waals surface area contributed by atoms with Crippen molar-refractivity contribution in [3.05, 3.63) is 65.3 Å². The molecule has 5 rings (SSSR count). The van der Waals surface area contributed by atoms with Gasteiger partial charge in [-0.2, -0.15) is 10.4 Å². The lowest BCUT2D eigenvalue weighted by Crippen LogP contribution is -2.46. The molecule has 1 aliphatic heterocycles. The van der Waals surface area contributed by atoms with Gasteiger partial charge in [0.05, 0.1) is 16.8 Å². The molecule has 1 amide bonds. The van der Waals surface area contributed by atoms with E-state index in [9.17, 15) is 10.1 Å². The van der Waals surface area contributed by atoms with Gasteiger partial charge in [0.15, 0.2) is 0 Å². The number of benzene rings is 1. The summed E-state index contributed by atoms with van der Waals surface area (Å²) in [6.45, 7) is 2.98. The van der Waals surface area contributed by atoms with Gasteiger partial charge in [0.25, 0.3) is 5.91 Å². The smallest absolute Gasteiger partial charge is 0.270 e. The number of nitriles is 1. The number of aryl methyl sites for hydroxylation is 1. The van der Waals surface area contributed by atoms with Crippen molar-refractivity contribution in [1.29, 1.82) is 5.26 Å². The van der Waals surface area contributed by atoms with Crippen LogP contribution in [0.2, 0.25) is 0 Å². The Morgan fingerprint density at radius 2 is 2.09 bits per heavy atom. The van der Waals surface area contributed by atoms with E-state index in [-0.39, 0.29) is 23.4 Å². The van der Waals surface area contributed by atoms with E-state index < -0.39 is 11.7 Å². The molecular formula is C27H29FN6O. The fourth-order valence-electron chi connectivity index (χ4n) is 5.41. The maximum atomic E-state index is 15.0. The number of amides is 1. The predicted octanol–water partition coefficient (Wildman–Crippen LogP) is 4.18. The minimum absolute atomic E-state index is 0.0233. The largest absolute Gasteiger partial charge is 0.339 e. The Kier molecular flexibility index (Phi) is 5.81. The quantitative estimate of drug-likeness (QED) is 0.619. The molecule has 8 heteroatoms. The number of piperidine rings is 1. The van der Waals surface area contributed by atoms with Crippen LogP contribution in [0.1, 0.15) is 41.7 Å². The second-order valence-electron chi connectivity index (χ2n) is 9.67.